The van der Waals surface area contributed by atoms with Gasteiger partial charge in [-0.1, -0.05) is 16.5 Å². The van der Waals surface area contributed by atoms with Crippen molar-refractivity contribution in [2.45, 2.75) is 39.5 Å². The van der Waals surface area contributed by atoms with Gasteiger partial charge in [-0.15, -0.1) is 0 Å². The van der Waals surface area contributed by atoms with E-state index in [1.807, 2.05) is 18.7 Å². The smallest absolute Gasteiger partial charge is 0.265 e. The largest absolute Gasteiger partial charge is 0.362 e. The van der Waals surface area contributed by atoms with Crippen LogP contribution in [0.25, 0.3) is 0 Å². The molecule has 23 heavy (non-hydrogen) atoms. The van der Waals surface area contributed by atoms with E-state index >= 15 is 0 Å². The molecule has 3 heterocycles. The number of carbonyl (C=O) groups is 1. The van der Waals surface area contributed by atoms with E-state index in [0.29, 0.717) is 23.1 Å². The maximum absolute atomic E-state index is 12.8. The molecule has 0 radical (unpaired) electrons. The zero-order chi connectivity index (χ0) is 16.4. The molecule has 7 nitrogen and oxygen atoms in total. The Bertz CT molecular complexity index is 696. The van der Waals surface area contributed by atoms with Gasteiger partial charge in [0.2, 0.25) is 5.89 Å². The second kappa shape index (κ2) is 6.66. The number of aryl methyl sites for hydroxylation is 2. The summed E-state index contributed by atoms with van der Waals surface area (Å²) in [4.78, 5) is 24.2. The van der Waals surface area contributed by atoms with Crippen LogP contribution in [0.5, 0.6) is 0 Å². The lowest BCUT2D eigenvalue weighted by atomic mass is 9.97. The summed E-state index contributed by atoms with van der Waals surface area (Å²) in [6, 6.07) is 0. The first-order chi connectivity index (χ1) is 11.1. The minimum Gasteiger partial charge on any atom is -0.362 e. The number of rotatable bonds is 4. The molecule has 1 saturated heterocycles. The summed E-state index contributed by atoms with van der Waals surface area (Å²) >= 11 is 1.42. The monoisotopic (exact) mass is 335 g/mol. The topological polar surface area (TPSA) is 84.2 Å². The van der Waals surface area contributed by atoms with Crippen LogP contribution in [0.1, 0.15) is 52.8 Å². The summed E-state index contributed by atoms with van der Waals surface area (Å²) in [7, 11) is 0. The molecule has 0 aromatic carbocycles. The normalized spacial score (nSPS) is 18.2. The van der Waals surface area contributed by atoms with Gasteiger partial charge < -0.3 is 14.7 Å². The van der Waals surface area contributed by atoms with Crippen molar-refractivity contribution in [2.75, 3.05) is 25.0 Å². The molecule has 1 N–H and O–H groups in total. The van der Waals surface area contributed by atoms with Crippen LogP contribution in [0.3, 0.4) is 0 Å². The third-order valence-corrected chi connectivity index (χ3v) is 5.04. The van der Waals surface area contributed by atoms with Crippen molar-refractivity contribution in [3.05, 3.63) is 22.3 Å². The fourth-order valence-electron chi connectivity index (χ4n) is 2.82. The fraction of sp³-hybridized carbons (Fsp3) is 0.600. The highest BCUT2D eigenvalue weighted by atomic mass is 32.1. The molecule has 2 aromatic rings. The SMILES string of the molecule is CCNc1nc(C)c(C(=O)N2CCC[C@H](c3noc(C)n3)C2)s1. The Morgan fingerprint density at radius 3 is 2.96 bits per heavy atom. The molecule has 1 aliphatic rings. The van der Waals surface area contributed by atoms with Gasteiger partial charge in [-0.2, -0.15) is 4.98 Å². The van der Waals surface area contributed by atoms with Crippen LogP contribution in [0.4, 0.5) is 5.13 Å². The Hall–Kier alpha value is -1.96. The van der Waals surface area contributed by atoms with Crippen molar-refractivity contribution in [3.63, 3.8) is 0 Å². The average Bonchev–Trinajstić information content (AvgIpc) is 3.13. The molecule has 0 saturated carbocycles. The summed E-state index contributed by atoms with van der Waals surface area (Å²) in [5.74, 6) is 1.46. The van der Waals surface area contributed by atoms with E-state index < -0.39 is 0 Å². The van der Waals surface area contributed by atoms with E-state index in [0.717, 1.165) is 36.8 Å². The summed E-state index contributed by atoms with van der Waals surface area (Å²) in [5.41, 5.74) is 0.786. The summed E-state index contributed by atoms with van der Waals surface area (Å²) in [6.07, 6.45) is 1.93. The lowest BCUT2D eigenvalue weighted by Crippen LogP contribution is -2.39. The number of hydrogen-bond acceptors (Lipinski definition) is 7. The minimum absolute atomic E-state index is 0.0501. The summed E-state index contributed by atoms with van der Waals surface area (Å²) in [6.45, 7) is 7.87. The molecule has 124 valence electrons. The molecule has 0 bridgehead atoms. The highest BCUT2D eigenvalue weighted by Gasteiger charge is 2.30. The zero-order valence-corrected chi connectivity index (χ0v) is 14.4. The van der Waals surface area contributed by atoms with Gasteiger partial charge in [-0.25, -0.2) is 4.98 Å². The highest BCUT2D eigenvalue weighted by molar-refractivity contribution is 7.17. The maximum Gasteiger partial charge on any atom is 0.265 e. The predicted octanol–water partition coefficient (Wildman–Crippen LogP) is 2.59. The first-order valence-electron chi connectivity index (χ1n) is 7.89. The van der Waals surface area contributed by atoms with Crippen LogP contribution >= 0.6 is 11.3 Å². The molecule has 3 rings (SSSR count). The predicted molar refractivity (Wildman–Crippen MR) is 87.9 cm³/mol. The van der Waals surface area contributed by atoms with Crippen LogP contribution in [0.15, 0.2) is 4.52 Å². The molecule has 1 amide bonds. The Morgan fingerprint density at radius 1 is 1.43 bits per heavy atom. The molecule has 1 atom stereocenters. The molecule has 0 spiro atoms. The van der Waals surface area contributed by atoms with E-state index in [4.69, 9.17) is 4.52 Å². The van der Waals surface area contributed by atoms with Gasteiger partial charge in [0.1, 0.15) is 4.88 Å². The highest BCUT2D eigenvalue weighted by Crippen LogP contribution is 2.29. The maximum atomic E-state index is 12.8. The Labute approximate surface area is 139 Å². The zero-order valence-electron chi connectivity index (χ0n) is 13.6. The van der Waals surface area contributed by atoms with E-state index in [2.05, 4.69) is 20.4 Å². The number of likely N-dealkylation sites (tertiary alicyclic amines) is 1. The molecule has 0 unspecified atom stereocenters. The van der Waals surface area contributed by atoms with Crippen molar-refractivity contribution >= 4 is 22.4 Å². The van der Waals surface area contributed by atoms with Crippen LogP contribution in [-0.4, -0.2) is 45.6 Å². The van der Waals surface area contributed by atoms with Crippen molar-refractivity contribution in [2.24, 2.45) is 0 Å². The molecule has 8 heteroatoms. The standard InChI is InChI=1S/C15H21N5O2S/c1-4-16-15-17-9(2)12(23-15)14(21)20-7-5-6-11(8-20)13-18-10(3)22-19-13/h11H,4-8H2,1-3H3,(H,16,17)/t11-/m0/s1. The van der Waals surface area contributed by atoms with Gasteiger partial charge >= 0.3 is 0 Å². The summed E-state index contributed by atoms with van der Waals surface area (Å²) in [5, 5.41) is 7.98. The third-order valence-electron chi connectivity index (χ3n) is 3.94. The van der Waals surface area contributed by atoms with Crippen molar-refractivity contribution in [1.82, 2.24) is 20.0 Å². The van der Waals surface area contributed by atoms with Gasteiger partial charge in [-0.05, 0) is 26.7 Å². The number of nitrogens with zero attached hydrogens (tertiary/aromatic N) is 4. The number of piperidine rings is 1. The second-order valence-corrected chi connectivity index (χ2v) is 6.72. The van der Waals surface area contributed by atoms with Crippen LogP contribution < -0.4 is 5.32 Å². The van der Waals surface area contributed by atoms with E-state index in [1.54, 1.807) is 6.92 Å². The lowest BCUT2D eigenvalue weighted by Gasteiger charge is -2.31. The minimum atomic E-state index is 0.0501. The van der Waals surface area contributed by atoms with Gasteiger partial charge in [0.25, 0.3) is 5.91 Å². The second-order valence-electron chi connectivity index (χ2n) is 5.73. The van der Waals surface area contributed by atoms with Gasteiger partial charge in [-0.3, -0.25) is 4.79 Å². The number of anilines is 1. The number of nitrogens with one attached hydrogen (secondary N) is 1. The third kappa shape index (κ3) is 3.36. The quantitative estimate of drug-likeness (QED) is 0.924. The van der Waals surface area contributed by atoms with Crippen molar-refractivity contribution in [3.8, 4) is 0 Å². The first-order valence-corrected chi connectivity index (χ1v) is 8.71. The molecular weight excluding hydrogens is 314 g/mol. The Morgan fingerprint density at radius 2 is 2.26 bits per heavy atom. The fourth-order valence-corrected chi connectivity index (χ4v) is 3.82. The molecule has 2 aromatic heterocycles. The number of amides is 1. The van der Waals surface area contributed by atoms with E-state index in [-0.39, 0.29) is 11.8 Å². The van der Waals surface area contributed by atoms with Crippen LogP contribution in [-0.2, 0) is 0 Å². The average molecular weight is 335 g/mol. The van der Waals surface area contributed by atoms with Crippen LogP contribution in [0, 0.1) is 13.8 Å². The molecule has 0 aliphatic carbocycles. The lowest BCUT2D eigenvalue weighted by molar-refractivity contribution is 0.0707. The van der Waals surface area contributed by atoms with E-state index in [9.17, 15) is 4.79 Å². The van der Waals surface area contributed by atoms with Crippen molar-refractivity contribution in [1.29, 1.82) is 0 Å². The number of aromatic nitrogens is 3. The van der Waals surface area contributed by atoms with Crippen LogP contribution in [0.2, 0.25) is 0 Å². The van der Waals surface area contributed by atoms with Gasteiger partial charge in [0, 0.05) is 32.5 Å². The molecule has 1 fully saturated rings. The van der Waals surface area contributed by atoms with Crippen molar-refractivity contribution < 1.29 is 9.32 Å². The molecular formula is C15H21N5O2S. The first kappa shape index (κ1) is 15.9. The number of hydrogen-bond donors (Lipinski definition) is 1. The van der Waals surface area contributed by atoms with Gasteiger partial charge in [0.15, 0.2) is 11.0 Å². The van der Waals surface area contributed by atoms with E-state index in [1.165, 1.54) is 11.3 Å². The summed E-state index contributed by atoms with van der Waals surface area (Å²) < 4.78 is 5.07. The molecule has 1 aliphatic heterocycles. The number of carbonyl (C=O) groups excluding carboxylic acids is 1. The van der Waals surface area contributed by atoms with Gasteiger partial charge in [0.05, 0.1) is 5.69 Å². The number of thiazole rings is 1. The Balaban J connectivity index is 1.74. The Kier molecular flexibility index (Phi) is 4.61.